The van der Waals surface area contributed by atoms with Crippen molar-refractivity contribution in [3.63, 3.8) is 0 Å². The lowest BCUT2D eigenvalue weighted by molar-refractivity contribution is 0.286. The molecule has 0 unspecified atom stereocenters. The van der Waals surface area contributed by atoms with Crippen molar-refractivity contribution in [1.82, 2.24) is 14.6 Å². The van der Waals surface area contributed by atoms with Crippen LogP contribution >= 0.6 is 0 Å². The molecule has 0 N–H and O–H groups in total. The van der Waals surface area contributed by atoms with E-state index in [-0.39, 0.29) is 0 Å². The van der Waals surface area contributed by atoms with Crippen LogP contribution in [0.5, 0.6) is 0 Å². The van der Waals surface area contributed by atoms with Gasteiger partial charge < -0.3 is 4.74 Å². The number of nitrogens with zero attached hydrogens (tertiary/aromatic N) is 3. The monoisotopic (exact) mass is 201 g/mol. The molecule has 0 aromatic carbocycles. The standard InChI is InChI=1S/C6H5N3.C5H6O/c1-2-6-7-4-5-9(6)8-3-1;1-2-4-6-5-3-1/h1-5H;1-4H,5H2. The minimum absolute atomic E-state index is 0.733. The zero-order chi connectivity index (χ0) is 10.3. The first-order chi connectivity index (χ1) is 7.47. The van der Waals surface area contributed by atoms with Crippen molar-refractivity contribution in [2.45, 2.75) is 0 Å². The summed E-state index contributed by atoms with van der Waals surface area (Å²) in [5.74, 6) is 0. The van der Waals surface area contributed by atoms with E-state index in [4.69, 9.17) is 4.74 Å². The molecule has 0 saturated carbocycles. The van der Waals surface area contributed by atoms with Gasteiger partial charge in [0.25, 0.3) is 0 Å². The third-order valence-electron chi connectivity index (χ3n) is 1.79. The normalized spacial score (nSPS) is 13.1. The van der Waals surface area contributed by atoms with Crippen LogP contribution in [0.3, 0.4) is 0 Å². The Balaban J connectivity index is 0.000000124. The van der Waals surface area contributed by atoms with Crippen molar-refractivity contribution >= 4 is 5.65 Å². The number of fused-ring (bicyclic) bond motifs is 1. The second kappa shape index (κ2) is 4.95. The maximum absolute atomic E-state index is 4.80. The molecule has 0 spiro atoms. The van der Waals surface area contributed by atoms with Crippen LogP contribution in [0, 0.1) is 0 Å². The van der Waals surface area contributed by atoms with Gasteiger partial charge in [-0.25, -0.2) is 9.50 Å². The summed E-state index contributed by atoms with van der Waals surface area (Å²) in [6, 6.07) is 3.77. The minimum atomic E-state index is 0.733. The minimum Gasteiger partial charge on any atom is -0.497 e. The molecule has 0 fully saturated rings. The van der Waals surface area contributed by atoms with E-state index < -0.39 is 0 Å². The summed E-state index contributed by atoms with van der Waals surface area (Å²) in [5.41, 5.74) is 0.887. The van der Waals surface area contributed by atoms with Crippen molar-refractivity contribution in [1.29, 1.82) is 0 Å². The fraction of sp³-hybridized carbons (Fsp3) is 0.0909. The third-order valence-corrected chi connectivity index (χ3v) is 1.79. The van der Waals surface area contributed by atoms with Crippen LogP contribution in [0.4, 0.5) is 0 Å². The van der Waals surface area contributed by atoms with Crippen molar-refractivity contribution < 1.29 is 4.74 Å². The zero-order valence-electron chi connectivity index (χ0n) is 8.15. The first kappa shape index (κ1) is 9.45. The zero-order valence-corrected chi connectivity index (χ0v) is 8.15. The molecular formula is C11H11N3O. The quantitative estimate of drug-likeness (QED) is 0.652. The lowest BCUT2D eigenvalue weighted by Gasteiger charge is -1.94. The first-order valence-corrected chi connectivity index (χ1v) is 4.64. The van der Waals surface area contributed by atoms with Gasteiger partial charge in [-0.3, -0.25) is 0 Å². The molecule has 15 heavy (non-hydrogen) atoms. The average molecular weight is 201 g/mol. The summed E-state index contributed by atoms with van der Waals surface area (Å²) < 4.78 is 6.52. The lowest BCUT2D eigenvalue weighted by Crippen LogP contribution is -1.85. The highest BCUT2D eigenvalue weighted by molar-refractivity contribution is 5.34. The van der Waals surface area contributed by atoms with Crippen LogP contribution in [-0.4, -0.2) is 21.2 Å². The van der Waals surface area contributed by atoms with E-state index in [1.165, 1.54) is 0 Å². The maximum atomic E-state index is 4.80. The van der Waals surface area contributed by atoms with Crippen LogP contribution < -0.4 is 0 Å². The summed E-state index contributed by atoms with van der Waals surface area (Å²) in [7, 11) is 0. The molecule has 4 heteroatoms. The van der Waals surface area contributed by atoms with Gasteiger partial charge in [0.2, 0.25) is 0 Å². The van der Waals surface area contributed by atoms with Gasteiger partial charge in [-0.05, 0) is 24.3 Å². The summed E-state index contributed by atoms with van der Waals surface area (Å²) in [6.07, 6.45) is 12.7. The second-order valence-electron chi connectivity index (χ2n) is 2.84. The van der Waals surface area contributed by atoms with Gasteiger partial charge >= 0.3 is 0 Å². The number of imidazole rings is 1. The summed E-state index contributed by atoms with van der Waals surface area (Å²) >= 11 is 0. The van der Waals surface area contributed by atoms with Crippen molar-refractivity contribution in [2.75, 3.05) is 6.61 Å². The molecule has 3 heterocycles. The molecule has 2 aromatic heterocycles. The third kappa shape index (κ3) is 2.67. The van der Waals surface area contributed by atoms with Crippen LogP contribution in [0.25, 0.3) is 5.65 Å². The van der Waals surface area contributed by atoms with E-state index in [9.17, 15) is 0 Å². The van der Waals surface area contributed by atoms with Gasteiger partial charge in [0.1, 0.15) is 6.61 Å². The number of hydrogen-bond donors (Lipinski definition) is 0. The summed E-state index contributed by atoms with van der Waals surface area (Å²) in [4.78, 5) is 4.02. The smallest absolute Gasteiger partial charge is 0.153 e. The molecule has 0 saturated heterocycles. The Morgan fingerprint density at radius 1 is 1.27 bits per heavy atom. The van der Waals surface area contributed by atoms with E-state index in [1.54, 1.807) is 23.2 Å². The number of ether oxygens (including phenoxy) is 1. The second-order valence-corrected chi connectivity index (χ2v) is 2.84. The van der Waals surface area contributed by atoms with Gasteiger partial charge in [-0.1, -0.05) is 6.08 Å². The van der Waals surface area contributed by atoms with Crippen LogP contribution in [0.1, 0.15) is 0 Å². The summed E-state index contributed by atoms with van der Waals surface area (Å²) in [6.45, 7) is 0.733. The number of rotatable bonds is 0. The summed E-state index contributed by atoms with van der Waals surface area (Å²) in [5, 5.41) is 4.00. The van der Waals surface area contributed by atoms with E-state index in [0.717, 1.165) is 12.3 Å². The Kier molecular flexibility index (Phi) is 3.12. The van der Waals surface area contributed by atoms with E-state index in [0.29, 0.717) is 0 Å². The number of aromatic nitrogens is 3. The molecule has 3 rings (SSSR count). The molecule has 0 amide bonds. The maximum Gasteiger partial charge on any atom is 0.153 e. The van der Waals surface area contributed by atoms with Gasteiger partial charge in [0.05, 0.1) is 6.26 Å². The van der Waals surface area contributed by atoms with Crippen molar-refractivity contribution in [3.05, 3.63) is 55.2 Å². The molecule has 76 valence electrons. The molecular weight excluding hydrogens is 190 g/mol. The molecule has 0 bridgehead atoms. The number of allylic oxidation sites excluding steroid dienone is 2. The first-order valence-electron chi connectivity index (χ1n) is 4.64. The number of hydrogen-bond acceptors (Lipinski definition) is 3. The van der Waals surface area contributed by atoms with Crippen LogP contribution in [-0.2, 0) is 4.74 Å². The highest BCUT2D eigenvalue weighted by Crippen LogP contribution is 1.93. The average Bonchev–Trinajstić information content (AvgIpc) is 2.80. The molecule has 4 nitrogen and oxygen atoms in total. The largest absolute Gasteiger partial charge is 0.497 e. The Morgan fingerprint density at radius 2 is 2.27 bits per heavy atom. The van der Waals surface area contributed by atoms with Gasteiger partial charge in [-0.2, -0.15) is 5.10 Å². The van der Waals surface area contributed by atoms with E-state index in [1.807, 2.05) is 36.6 Å². The van der Waals surface area contributed by atoms with Crippen LogP contribution in [0.15, 0.2) is 55.2 Å². The Labute approximate surface area is 87.5 Å². The van der Waals surface area contributed by atoms with Crippen LogP contribution in [0.2, 0.25) is 0 Å². The molecule has 0 aliphatic carbocycles. The van der Waals surface area contributed by atoms with Gasteiger partial charge in [0.15, 0.2) is 5.65 Å². The Hall–Kier alpha value is -2.10. The predicted molar refractivity (Wildman–Crippen MR) is 57.2 cm³/mol. The lowest BCUT2D eigenvalue weighted by atomic mass is 10.5. The SMILES string of the molecule is C1=CCOC=C1.c1cnn2ccnc2c1. The molecule has 1 aliphatic heterocycles. The Bertz CT molecular complexity index is 431. The topological polar surface area (TPSA) is 39.4 Å². The highest BCUT2D eigenvalue weighted by atomic mass is 16.5. The fourth-order valence-corrected chi connectivity index (χ4v) is 1.11. The Morgan fingerprint density at radius 3 is 2.87 bits per heavy atom. The van der Waals surface area contributed by atoms with Gasteiger partial charge in [-0.15, -0.1) is 0 Å². The molecule has 2 aromatic rings. The fourth-order valence-electron chi connectivity index (χ4n) is 1.11. The molecule has 1 aliphatic rings. The van der Waals surface area contributed by atoms with E-state index in [2.05, 4.69) is 10.1 Å². The van der Waals surface area contributed by atoms with Gasteiger partial charge in [0, 0.05) is 18.6 Å². The highest BCUT2D eigenvalue weighted by Gasteiger charge is 1.86. The molecule has 0 radical (unpaired) electrons. The predicted octanol–water partition coefficient (Wildman–Crippen LogP) is 1.82. The van der Waals surface area contributed by atoms with E-state index >= 15 is 0 Å². The molecule has 0 atom stereocenters. The van der Waals surface area contributed by atoms with Crippen molar-refractivity contribution in [2.24, 2.45) is 0 Å². The van der Waals surface area contributed by atoms with Crippen molar-refractivity contribution in [3.8, 4) is 0 Å².